The SMILES string of the molecule is CC(C)CNCc1nnnn1CC1CCS(=O)(=O)C1. The van der Waals surface area contributed by atoms with Gasteiger partial charge in [-0.05, 0) is 35.2 Å². The maximum atomic E-state index is 11.4. The van der Waals surface area contributed by atoms with Crippen LogP contribution in [-0.2, 0) is 22.9 Å². The minimum Gasteiger partial charge on any atom is -0.310 e. The lowest BCUT2D eigenvalue weighted by atomic mass is 10.1. The van der Waals surface area contributed by atoms with Gasteiger partial charge < -0.3 is 5.32 Å². The normalized spacial score (nSPS) is 22.2. The summed E-state index contributed by atoms with van der Waals surface area (Å²) in [6, 6.07) is 0. The lowest BCUT2D eigenvalue weighted by Crippen LogP contribution is -2.23. The molecule has 1 aliphatic heterocycles. The van der Waals surface area contributed by atoms with Crippen LogP contribution >= 0.6 is 0 Å². The Morgan fingerprint density at radius 2 is 2.26 bits per heavy atom. The molecule has 0 aliphatic carbocycles. The Labute approximate surface area is 113 Å². The predicted octanol–water partition coefficient (Wildman–Crippen LogP) is -0.147. The highest BCUT2D eigenvalue weighted by atomic mass is 32.2. The van der Waals surface area contributed by atoms with Crippen molar-refractivity contribution in [1.82, 2.24) is 25.5 Å². The van der Waals surface area contributed by atoms with Crippen LogP contribution in [0.2, 0.25) is 0 Å². The molecule has 0 saturated carbocycles. The van der Waals surface area contributed by atoms with Gasteiger partial charge in [0.25, 0.3) is 0 Å². The second-order valence-corrected chi connectivity index (χ2v) is 7.80. The molecule has 19 heavy (non-hydrogen) atoms. The molecular weight excluding hydrogens is 266 g/mol. The Morgan fingerprint density at radius 1 is 1.47 bits per heavy atom. The van der Waals surface area contributed by atoms with E-state index in [-0.39, 0.29) is 11.7 Å². The number of aromatic nitrogens is 4. The van der Waals surface area contributed by atoms with Crippen LogP contribution in [0, 0.1) is 11.8 Å². The Kier molecular flexibility index (Phi) is 4.51. The Balaban J connectivity index is 1.89. The largest absolute Gasteiger partial charge is 0.310 e. The number of hydrogen-bond acceptors (Lipinski definition) is 6. The van der Waals surface area contributed by atoms with E-state index in [1.165, 1.54) is 0 Å². The summed E-state index contributed by atoms with van der Waals surface area (Å²) >= 11 is 0. The van der Waals surface area contributed by atoms with E-state index in [0.717, 1.165) is 12.4 Å². The molecule has 1 N–H and O–H groups in total. The summed E-state index contributed by atoms with van der Waals surface area (Å²) in [7, 11) is -2.84. The molecule has 1 unspecified atom stereocenters. The summed E-state index contributed by atoms with van der Waals surface area (Å²) in [6.45, 7) is 6.39. The number of nitrogens with zero attached hydrogens (tertiary/aromatic N) is 4. The van der Waals surface area contributed by atoms with Crippen molar-refractivity contribution in [2.75, 3.05) is 18.1 Å². The smallest absolute Gasteiger partial charge is 0.165 e. The molecule has 1 atom stereocenters. The molecule has 7 nitrogen and oxygen atoms in total. The molecule has 8 heteroatoms. The summed E-state index contributed by atoms with van der Waals surface area (Å²) in [5.74, 6) is 2.03. The predicted molar refractivity (Wildman–Crippen MR) is 71.1 cm³/mol. The molecule has 1 saturated heterocycles. The highest BCUT2D eigenvalue weighted by Crippen LogP contribution is 2.20. The van der Waals surface area contributed by atoms with E-state index in [0.29, 0.717) is 31.2 Å². The second kappa shape index (κ2) is 5.96. The minimum absolute atomic E-state index is 0.136. The Bertz CT molecular complexity index is 511. The van der Waals surface area contributed by atoms with Gasteiger partial charge in [0.2, 0.25) is 0 Å². The third-order valence-corrected chi connectivity index (χ3v) is 5.04. The zero-order valence-electron chi connectivity index (χ0n) is 11.4. The minimum atomic E-state index is -2.84. The van der Waals surface area contributed by atoms with Crippen LogP contribution in [0.15, 0.2) is 0 Å². The number of rotatable bonds is 6. The van der Waals surface area contributed by atoms with Crippen LogP contribution in [0.3, 0.4) is 0 Å². The molecule has 0 bridgehead atoms. The first-order valence-corrected chi connectivity index (χ1v) is 8.44. The highest BCUT2D eigenvalue weighted by molar-refractivity contribution is 7.91. The zero-order chi connectivity index (χ0) is 13.9. The average molecular weight is 287 g/mol. The van der Waals surface area contributed by atoms with Crippen molar-refractivity contribution in [1.29, 1.82) is 0 Å². The lowest BCUT2D eigenvalue weighted by molar-refractivity contribution is 0.428. The molecule has 2 rings (SSSR count). The third-order valence-electron chi connectivity index (χ3n) is 3.20. The van der Waals surface area contributed by atoms with Crippen molar-refractivity contribution in [3.63, 3.8) is 0 Å². The maximum Gasteiger partial charge on any atom is 0.165 e. The molecule has 0 amide bonds. The van der Waals surface area contributed by atoms with Gasteiger partial charge >= 0.3 is 0 Å². The van der Waals surface area contributed by atoms with E-state index in [4.69, 9.17) is 0 Å². The van der Waals surface area contributed by atoms with Gasteiger partial charge in [0.1, 0.15) is 0 Å². The van der Waals surface area contributed by atoms with Crippen LogP contribution < -0.4 is 5.32 Å². The van der Waals surface area contributed by atoms with Crippen molar-refractivity contribution in [3.8, 4) is 0 Å². The van der Waals surface area contributed by atoms with Gasteiger partial charge in [-0.15, -0.1) is 5.10 Å². The number of hydrogen-bond donors (Lipinski definition) is 1. The van der Waals surface area contributed by atoms with Crippen molar-refractivity contribution in [2.45, 2.75) is 33.4 Å². The van der Waals surface area contributed by atoms with Gasteiger partial charge in [-0.3, -0.25) is 0 Å². The van der Waals surface area contributed by atoms with Gasteiger partial charge in [-0.1, -0.05) is 13.8 Å². The Morgan fingerprint density at radius 3 is 2.89 bits per heavy atom. The maximum absolute atomic E-state index is 11.4. The summed E-state index contributed by atoms with van der Waals surface area (Å²) < 4.78 is 24.6. The number of nitrogens with one attached hydrogen (secondary N) is 1. The van der Waals surface area contributed by atoms with E-state index in [1.54, 1.807) is 4.68 Å². The molecular formula is C11H21N5O2S. The first-order valence-electron chi connectivity index (χ1n) is 6.62. The fourth-order valence-electron chi connectivity index (χ4n) is 2.22. The first-order chi connectivity index (χ1) is 8.96. The summed E-state index contributed by atoms with van der Waals surface area (Å²) in [5, 5.41) is 14.9. The van der Waals surface area contributed by atoms with Gasteiger partial charge in [-0.25, -0.2) is 13.1 Å². The quantitative estimate of drug-likeness (QED) is 0.783. The van der Waals surface area contributed by atoms with Gasteiger partial charge in [-0.2, -0.15) is 0 Å². The van der Waals surface area contributed by atoms with E-state index >= 15 is 0 Å². The molecule has 1 fully saturated rings. The summed E-state index contributed by atoms with van der Waals surface area (Å²) in [6.07, 6.45) is 0.709. The van der Waals surface area contributed by atoms with Crippen LogP contribution in [0.4, 0.5) is 0 Å². The van der Waals surface area contributed by atoms with Crippen molar-refractivity contribution < 1.29 is 8.42 Å². The highest BCUT2D eigenvalue weighted by Gasteiger charge is 2.28. The van der Waals surface area contributed by atoms with Crippen molar-refractivity contribution in [2.24, 2.45) is 11.8 Å². The second-order valence-electron chi connectivity index (χ2n) is 5.57. The van der Waals surface area contributed by atoms with Crippen LogP contribution in [0.1, 0.15) is 26.1 Å². The molecule has 0 radical (unpaired) electrons. The molecule has 0 spiro atoms. The lowest BCUT2D eigenvalue weighted by Gasteiger charge is -2.10. The fourth-order valence-corrected chi connectivity index (χ4v) is 4.07. The Hall–Kier alpha value is -1.02. The van der Waals surface area contributed by atoms with Gasteiger partial charge in [0.15, 0.2) is 15.7 Å². The van der Waals surface area contributed by atoms with Crippen molar-refractivity contribution >= 4 is 9.84 Å². The molecule has 108 valence electrons. The fraction of sp³-hybridized carbons (Fsp3) is 0.909. The molecule has 0 aromatic carbocycles. The topological polar surface area (TPSA) is 89.8 Å². The summed E-state index contributed by atoms with van der Waals surface area (Å²) in [5.41, 5.74) is 0. The van der Waals surface area contributed by atoms with Crippen LogP contribution in [0.25, 0.3) is 0 Å². The van der Waals surface area contributed by atoms with Gasteiger partial charge in [0.05, 0.1) is 18.1 Å². The number of tetrazole rings is 1. The molecule has 2 heterocycles. The van der Waals surface area contributed by atoms with E-state index in [9.17, 15) is 8.42 Å². The zero-order valence-corrected chi connectivity index (χ0v) is 12.2. The van der Waals surface area contributed by atoms with Crippen molar-refractivity contribution in [3.05, 3.63) is 5.82 Å². The van der Waals surface area contributed by atoms with Crippen LogP contribution in [0.5, 0.6) is 0 Å². The average Bonchev–Trinajstić information content (AvgIpc) is 2.86. The first kappa shape index (κ1) is 14.4. The molecule has 1 aromatic heterocycles. The third kappa shape index (κ3) is 4.24. The van der Waals surface area contributed by atoms with Crippen LogP contribution in [-0.4, -0.2) is 46.7 Å². The molecule has 1 aromatic rings. The van der Waals surface area contributed by atoms with E-state index in [1.807, 2.05) is 0 Å². The van der Waals surface area contributed by atoms with E-state index < -0.39 is 9.84 Å². The molecule has 1 aliphatic rings. The van der Waals surface area contributed by atoms with Gasteiger partial charge in [0, 0.05) is 6.54 Å². The standard InChI is InChI=1S/C11H21N5O2S/c1-9(2)5-12-6-11-13-14-15-16(11)7-10-3-4-19(17,18)8-10/h9-10,12H,3-8H2,1-2H3. The summed E-state index contributed by atoms with van der Waals surface area (Å²) in [4.78, 5) is 0. The van der Waals surface area contributed by atoms with E-state index in [2.05, 4.69) is 34.7 Å². The monoisotopic (exact) mass is 287 g/mol. The number of sulfone groups is 1.